The van der Waals surface area contributed by atoms with Crippen LogP contribution in [0.1, 0.15) is 43.6 Å². The molecule has 0 aliphatic heterocycles. The molecule has 0 saturated carbocycles. The van der Waals surface area contributed by atoms with Crippen molar-refractivity contribution in [2.24, 2.45) is 5.92 Å². The Morgan fingerprint density at radius 1 is 1.06 bits per heavy atom. The maximum atomic E-state index is 13.1. The Kier molecular flexibility index (Phi) is 9.01. The predicted octanol–water partition coefficient (Wildman–Crippen LogP) is 3.43. The van der Waals surface area contributed by atoms with E-state index in [9.17, 15) is 18.0 Å². The van der Waals surface area contributed by atoms with Gasteiger partial charge < -0.3 is 15.4 Å². The average Bonchev–Trinajstić information content (AvgIpc) is 2.78. The molecule has 180 valence electrons. The van der Waals surface area contributed by atoms with Crippen LogP contribution in [0.4, 0.5) is 5.69 Å². The standard InChI is InChI=1S/C24H33N3O5S/c1-7-27(8-2)33(30,31)21-15-18(14-13-17(21)5)25-24(29)22(16(3)4)26-23(28)19-11-9-10-12-20(19)32-6/h9-16,22H,7-8H2,1-6H3,(H,25,29)(H,26,28)/t22-/m0/s1. The number of anilines is 1. The Morgan fingerprint density at radius 2 is 1.70 bits per heavy atom. The molecule has 0 aliphatic rings. The lowest BCUT2D eigenvalue weighted by atomic mass is 10.0. The number of ether oxygens (including phenoxy) is 1. The maximum Gasteiger partial charge on any atom is 0.255 e. The van der Waals surface area contributed by atoms with Gasteiger partial charge in [0.15, 0.2) is 0 Å². The number of aryl methyl sites for hydroxylation is 1. The van der Waals surface area contributed by atoms with E-state index >= 15 is 0 Å². The number of benzene rings is 2. The number of nitrogens with one attached hydrogen (secondary N) is 2. The number of sulfonamides is 1. The maximum absolute atomic E-state index is 13.1. The van der Waals surface area contributed by atoms with Gasteiger partial charge >= 0.3 is 0 Å². The summed E-state index contributed by atoms with van der Waals surface area (Å²) in [6.07, 6.45) is 0. The van der Waals surface area contributed by atoms with E-state index < -0.39 is 27.9 Å². The van der Waals surface area contributed by atoms with Crippen LogP contribution in [0.5, 0.6) is 5.75 Å². The first kappa shape index (κ1) is 26.3. The Labute approximate surface area is 196 Å². The van der Waals surface area contributed by atoms with E-state index in [0.717, 1.165) is 0 Å². The highest BCUT2D eigenvalue weighted by atomic mass is 32.2. The molecule has 0 aliphatic carbocycles. The molecule has 0 heterocycles. The van der Waals surface area contributed by atoms with E-state index in [4.69, 9.17) is 4.74 Å². The monoisotopic (exact) mass is 475 g/mol. The number of carbonyl (C=O) groups excluding carboxylic acids is 2. The summed E-state index contributed by atoms with van der Waals surface area (Å²) in [5.41, 5.74) is 1.25. The Hall–Kier alpha value is -2.91. The van der Waals surface area contributed by atoms with Crippen molar-refractivity contribution in [3.8, 4) is 5.75 Å². The zero-order valence-electron chi connectivity index (χ0n) is 20.0. The number of rotatable bonds is 10. The fourth-order valence-electron chi connectivity index (χ4n) is 3.46. The third-order valence-corrected chi connectivity index (χ3v) is 7.56. The molecule has 2 rings (SSSR count). The molecule has 0 radical (unpaired) electrons. The van der Waals surface area contributed by atoms with Gasteiger partial charge in [0.1, 0.15) is 11.8 Å². The third kappa shape index (κ3) is 6.11. The van der Waals surface area contributed by atoms with Crippen molar-refractivity contribution in [1.29, 1.82) is 0 Å². The van der Waals surface area contributed by atoms with Crippen LogP contribution < -0.4 is 15.4 Å². The Morgan fingerprint density at radius 3 is 2.27 bits per heavy atom. The number of methoxy groups -OCH3 is 1. The smallest absolute Gasteiger partial charge is 0.255 e. The number of carbonyl (C=O) groups is 2. The second kappa shape index (κ2) is 11.3. The summed E-state index contributed by atoms with van der Waals surface area (Å²) in [4.78, 5) is 26.0. The molecule has 0 spiro atoms. The van der Waals surface area contributed by atoms with Crippen LogP contribution in [0.25, 0.3) is 0 Å². The van der Waals surface area contributed by atoms with Crippen LogP contribution in [0.15, 0.2) is 47.4 Å². The van der Waals surface area contributed by atoms with Crippen molar-refractivity contribution < 1.29 is 22.7 Å². The molecule has 1 atom stereocenters. The van der Waals surface area contributed by atoms with Gasteiger partial charge in [-0.2, -0.15) is 4.31 Å². The molecule has 0 fully saturated rings. The van der Waals surface area contributed by atoms with E-state index in [0.29, 0.717) is 35.7 Å². The first-order valence-corrected chi connectivity index (χ1v) is 12.4. The van der Waals surface area contributed by atoms with Crippen molar-refractivity contribution in [1.82, 2.24) is 9.62 Å². The fraction of sp³-hybridized carbons (Fsp3) is 0.417. The number of amides is 2. The van der Waals surface area contributed by atoms with Crippen LogP contribution >= 0.6 is 0 Å². The van der Waals surface area contributed by atoms with E-state index in [1.54, 1.807) is 57.2 Å². The minimum atomic E-state index is -3.69. The number of para-hydroxylation sites is 1. The Bertz CT molecular complexity index is 1100. The number of hydrogen-bond acceptors (Lipinski definition) is 5. The predicted molar refractivity (Wildman–Crippen MR) is 129 cm³/mol. The molecule has 0 bridgehead atoms. The first-order chi connectivity index (χ1) is 15.6. The summed E-state index contributed by atoms with van der Waals surface area (Å²) < 4.78 is 32.6. The zero-order chi connectivity index (χ0) is 24.8. The zero-order valence-corrected chi connectivity index (χ0v) is 20.8. The SMILES string of the molecule is CCN(CC)S(=O)(=O)c1cc(NC(=O)[C@@H](NC(=O)c2ccccc2OC)C(C)C)ccc1C. The van der Waals surface area contributed by atoms with Crippen LogP contribution in [-0.4, -0.2) is 50.8 Å². The highest BCUT2D eigenvalue weighted by molar-refractivity contribution is 7.89. The van der Waals surface area contributed by atoms with Gasteiger partial charge in [-0.1, -0.05) is 45.9 Å². The van der Waals surface area contributed by atoms with Crippen LogP contribution in [0.2, 0.25) is 0 Å². The number of nitrogens with zero attached hydrogens (tertiary/aromatic N) is 1. The molecule has 0 saturated heterocycles. The van der Waals surface area contributed by atoms with Gasteiger partial charge in [0.05, 0.1) is 17.6 Å². The molecule has 0 aromatic heterocycles. The Balaban J connectivity index is 2.28. The van der Waals surface area contributed by atoms with Crippen LogP contribution in [-0.2, 0) is 14.8 Å². The molecule has 2 aromatic rings. The molecule has 2 amide bonds. The summed E-state index contributed by atoms with van der Waals surface area (Å²) in [7, 11) is -2.22. The number of hydrogen-bond donors (Lipinski definition) is 2. The van der Waals surface area contributed by atoms with Crippen LogP contribution in [0, 0.1) is 12.8 Å². The quantitative estimate of drug-likeness (QED) is 0.548. The topological polar surface area (TPSA) is 105 Å². The molecule has 2 aromatic carbocycles. The summed E-state index contributed by atoms with van der Waals surface area (Å²) >= 11 is 0. The van der Waals surface area contributed by atoms with Gasteiger partial charge in [0.2, 0.25) is 15.9 Å². The lowest BCUT2D eigenvalue weighted by Crippen LogP contribution is -2.47. The van der Waals surface area contributed by atoms with Gasteiger partial charge in [-0.05, 0) is 42.7 Å². The third-order valence-electron chi connectivity index (χ3n) is 5.37. The molecule has 0 unspecified atom stereocenters. The van der Waals surface area contributed by atoms with Gasteiger partial charge in [-0.3, -0.25) is 9.59 Å². The summed E-state index contributed by atoms with van der Waals surface area (Å²) in [5, 5.41) is 5.52. The second-order valence-electron chi connectivity index (χ2n) is 7.95. The van der Waals surface area contributed by atoms with E-state index in [2.05, 4.69) is 10.6 Å². The molecular formula is C24H33N3O5S. The molecule has 2 N–H and O–H groups in total. The van der Waals surface area contributed by atoms with Gasteiger partial charge in [-0.25, -0.2) is 8.42 Å². The average molecular weight is 476 g/mol. The highest BCUT2D eigenvalue weighted by Crippen LogP contribution is 2.24. The van der Waals surface area contributed by atoms with Crippen molar-refractivity contribution in [2.45, 2.75) is 45.6 Å². The van der Waals surface area contributed by atoms with E-state index in [1.807, 2.05) is 13.8 Å². The first-order valence-electron chi connectivity index (χ1n) is 10.9. The molecule has 9 heteroatoms. The van der Waals surface area contributed by atoms with Gasteiger partial charge in [0, 0.05) is 18.8 Å². The molecule has 33 heavy (non-hydrogen) atoms. The summed E-state index contributed by atoms with van der Waals surface area (Å²) in [6, 6.07) is 10.7. The molecule has 8 nitrogen and oxygen atoms in total. The van der Waals surface area contributed by atoms with Crippen LogP contribution in [0.3, 0.4) is 0 Å². The van der Waals surface area contributed by atoms with Gasteiger partial charge in [-0.15, -0.1) is 0 Å². The fourth-order valence-corrected chi connectivity index (χ4v) is 5.17. The van der Waals surface area contributed by atoms with Crippen molar-refractivity contribution >= 4 is 27.5 Å². The van der Waals surface area contributed by atoms with E-state index in [-0.39, 0.29) is 10.8 Å². The lowest BCUT2D eigenvalue weighted by Gasteiger charge is -2.23. The van der Waals surface area contributed by atoms with E-state index in [1.165, 1.54) is 17.5 Å². The summed E-state index contributed by atoms with van der Waals surface area (Å²) in [6.45, 7) is 9.60. The second-order valence-corrected chi connectivity index (χ2v) is 9.86. The van der Waals surface area contributed by atoms with Crippen molar-refractivity contribution in [3.05, 3.63) is 53.6 Å². The van der Waals surface area contributed by atoms with Gasteiger partial charge in [0.25, 0.3) is 5.91 Å². The summed E-state index contributed by atoms with van der Waals surface area (Å²) in [5.74, 6) is -0.686. The minimum absolute atomic E-state index is 0.142. The lowest BCUT2D eigenvalue weighted by molar-refractivity contribution is -0.118. The normalized spacial score (nSPS) is 12.5. The highest BCUT2D eigenvalue weighted by Gasteiger charge is 2.27. The minimum Gasteiger partial charge on any atom is -0.496 e. The molecular weight excluding hydrogens is 442 g/mol. The van der Waals surface area contributed by atoms with Crippen molar-refractivity contribution in [3.63, 3.8) is 0 Å². The largest absolute Gasteiger partial charge is 0.496 e. The van der Waals surface area contributed by atoms with Crippen molar-refractivity contribution in [2.75, 3.05) is 25.5 Å².